The van der Waals surface area contributed by atoms with Gasteiger partial charge in [0.05, 0.1) is 16.4 Å². The van der Waals surface area contributed by atoms with Gasteiger partial charge < -0.3 is 5.73 Å². The van der Waals surface area contributed by atoms with Gasteiger partial charge in [-0.1, -0.05) is 25.7 Å². The summed E-state index contributed by atoms with van der Waals surface area (Å²) in [5.41, 5.74) is 7.47. The van der Waals surface area contributed by atoms with Gasteiger partial charge in [-0.2, -0.15) is 5.10 Å². The molecule has 0 spiro atoms. The minimum Gasteiger partial charge on any atom is -0.323 e. The van der Waals surface area contributed by atoms with Crippen LogP contribution in [0.5, 0.6) is 0 Å². The average molecular weight is 286 g/mol. The molecule has 1 heterocycles. The van der Waals surface area contributed by atoms with E-state index in [4.69, 9.17) is 5.73 Å². The Hall–Kier alpha value is -0.350. The van der Waals surface area contributed by atoms with Gasteiger partial charge in [0.1, 0.15) is 0 Å². The molecule has 0 aromatic carbocycles. The Morgan fingerprint density at radius 1 is 1.56 bits per heavy atom. The number of nitrogens with two attached hydrogens (primary N) is 1. The lowest BCUT2D eigenvalue weighted by molar-refractivity contribution is 0.429. The van der Waals surface area contributed by atoms with E-state index in [2.05, 4.69) is 28.0 Å². The summed E-state index contributed by atoms with van der Waals surface area (Å²) >= 11 is 3.54. The molecule has 0 saturated heterocycles. The molecule has 0 aliphatic heterocycles. The second-order valence-corrected chi connectivity index (χ2v) is 5.54. The molecule has 0 bridgehead atoms. The molecule has 1 unspecified atom stereocenters. The van der Waals surface area contributed by atoms with Crippen molar-refractivity contribution in [3.8, 4) is 0 Å². The van der Waals surface area contributed by atoms with Gasteiger partial charge in [-0.25, -0.2) is 0 Å². The van der Waals surface area contributed by atoms with Gasteiger partial charge in [0.2, 0.25) is 0 Å². The fourth-order valence-corrected chi connectivity index (χ4v) is 3.30. The van der Waals surface area contributed by atoms with Crippen molar-refractivity contribution in [3.63, 3.8) is 0 Å². The monoisotopic (exact) mass is 285 g/mol. The van der Waals surface area contributed by atoms with Crippen LogP contribution in [0.2, 0.25) is 0 Å². The van der Waals surface area contributed by atoms with Gasteiger partial charge >= 0.3 is 0 Å². The van der Waals surface area contributed by atoms with E-state index in [1.165, 1.54) is 25.7 Å². The van der Waals surface area contributed by atoms with Crippen LogP contribution in [0.1, 0.15) is 50.8 Å². The van der Waals surface area contributed by atoms with Crippen molar-refractivity contribution in [2.24, 2.45) is 11.7 Å². The molecule has 1 aliphatic rings. The van der Waals surface area contributed by atoms with E-state index in [1.807, 2.05) is 10.9 Å². The summed E-state index contributed by atoms with van der Waals surface area (Å²) in [7, 11) is 0. The smallest absolute Gasteiger partial charge is 0.0693 e. The lowest BCUT2D eigenvalue weighted by Gasteiger charge is -2.18. The van der Waals surface area contributed by atoms with Gasteiger partial charge in [0.15, 0.2) is 0 Å². The number of hydrogen-bond acceptors (Lipinski definition) is 2. The van der Waals surface area contributed by atoms with Crippen molar-refractivity contribution in [1.82, 2.24) is 9.78 Å². The maximum Gasteiger partial charge on any atom is 0.0693 e. The third-order valence-corrected chi connectivity index (χ3v) is 4.16. The SMILES string of the molecule is CCn1ncc(Br)c1C(N)CC1CCCC1. The number of halogens is 1. The third-order valence-electron chi connectivity index (χ3n) is 3.55. The molecule has 0 radical (unpaired) electrons. The zero-order valence-corrected chi connectivity index (χ0v) is 11.4. The van der Waals surface area contributed by atoms with E-state index in [0.29, 0.717) is 0 Å². The molecule has 0 amide bonds. The van der Waals surface area contributed by atoms with E-state index in [-0.39, 0.29) is 6.04 Å². The minimum atomic E-state index is 0.125. The number of rotatable bonds is 4. The van der Waals surface area contributed by atoms with Crippen molar-refractivity contribution in [2.75, 3.05) is 0 Å². The second-order valence-electron chi connectivity index (χ2n) is 4.69. The standard InChI is InChI=1S/C12H20BrN3/c1-2-16-12(10(13)8-15-16)11(14)7-9-5-3-4-6-9/h8-9,11H,2-7,14H2,1H3. The Bertz CT molecular complexity index is 342. The zero-order chi connectivity index (χ0) is 11.5. The van der Waals surface area contributed by atoms with E-state index in [1.54, 1.807) is 0 Å². The zero-order valence-electron chi connectivity index (χ0n) is 9.82. The fourth-order valence-electron chi connectivity index (χ4n) is 2.71. The third kappa shape index (κ3) is 2.48. The Labute approximate surface area is 106 Å². The Kier molecular flexibility index (Phi) is 4.03. The molecule has 2 N–H and O–H groups in total. The predicted octanol–water partition coefficient (Wildman–Crippen LogP) is 3.25. The second kappa shape index (κ2) is 5.32. The van der Waals surface area contributed by atoms with Crippen molar-refractivity contribution in [1.29, 1.82) is 0 Å². The van der Waals surface area contributed by atoms with Crippen LogP contribution in [-0.2, 0) is 6.54 Å². The molecule has 1 fully saturated rings. The summed E-state index contributed by atoms with van der Waals surface area (Å²) in [6.07, 6.45) is 8.42. The minimum absolute atomic E-state index is 0.125. The van der Waals surface area contributed by atoms with Crippen LogP contribution in [0.4, 0.5) is 0 Å². The van der Waals surface area contributed by atoms with Gasteiger partial charge in [-0.15, -0.1) is 0 Å². The summed E-state index contributed by atoms with van der Waals surface area (Å²) in [5, 5.41) is 4.32. The maximum absolute atomic E-state index is 6.31. The van der Waals surface area contributed by atoms with Crippen LogP contribution in [-0.4, -0.2) is 9.78 Å². The quantitative estimate of drug-likeness (QED) is 0.923. The predicted molar refractivity (Wildman–Crippen MR) is 69.1 cm³/mol. The molecule has 2 rings (SSSR count). The van der Waals surface area contributed by atoms with E-state index >= 15 is 0 Å². The van der Waals surface area contributed by atoms with Crippen molar-refractivity contribution >= 4 is 15.9 Å². The molecule has 1 saturated carbocycles. The first-order chi connectivity index (χ1) is 7.72. The summed E-state index contributed by atoms with van der Waals surface area (Å²) in [4.78, 5) is 0. The number of hydrogen-bond donors (Lipinski definition) is 1. The van der Waals surface area contributed by atoms with Gasteiger partial charge in [0.25, 0.3) is 0 Å². The lowest BCUT2D eigenvalue weighted by atomic mass is 9.97. The highest BCUT2D eigenvalue weighted by Gasteiger charge is 2.22. The van der Waals surface area contributed by atoms with Crippen LogP contribution in [0.3, 0.4) is 0 Å². The van der Waals surface area contributed by atoms with E-state index < -0.39 is 0 Å². The highest BCUT2D eigenvalue weighted by Crippen LogP contribution is 2.33. The summed E-state index contributed by atoms with van der Waals surface area (Å²) < 4.78 is 3.06. The van der Waals surface area contributed by atoms with Gasteiger partial charge in [-0.05, 0) is 35.2 Å². The first kappa shape index (κ1) is 12.1. The fraction of sp³-hybridized carbons (Fsp3) is 0.750. The number of aryl methyl sites for hydroxylation is 1. The van der Waals surface area contributed by atoms with Gasteiger partial charge in [0, 0.05) is 12.6 Å². The highest BCUT2D eigenvalue weighted by molar-refractivity contribution is 9.10. The van der Waals surface area contributed by atoms with E-state index in [9.17, 15) is 0 Å². The van der Waals surface area contributed by atoms with Gasteiger partial charge in [-0.3, -0.25) is 4.68 Å². The molecular formula is C12H20BrN3. The number of nitrogens with zero attached hydrogens (tertiary/aromatic N) is 2. The number of aromatic nitrogens is 2. The Morgan fingerprint density at radius 3 is 2.88 bits per heavy atom. The first-order valence-electron chi connectivity index (χ1n) is 6.19. The Balaban J connectivity index is 2.06. The molecule has 4 heteroatoms. The van der Waals surface area contributed by atoms with Crippen LogP contribution in [0.25, 0.3) is 0 Å². The van der Waals surface area contributed by atoms with Crippen LogP contribution < -0.4 is 5.73 Å². The molecule has 90 valence electrons. The van der Waals surface area contributed by atoms with E-state index in [0.717, 1.165) is 29.1 Å². The molecule has 16 heavy (non-hydrogen) atoms. The summed E-state index contributed by atoms with van der Waals surface area (Å²) in [6.45, 7) is 2.99. The average Bonchev–Trinajstić information content (AvgIpc) is 2.87. The molecule has 1 aliphatic carbocycles. The van der Waals surface area contributed by atoms with Crippen molar-refractivity contribution in [2.45, 2.75) is 51.6 Å². The van der Waals surface area contributed by atoms with Crippen LogP contribution in [0, 0.1) is 5.92 Å². The summed E-state index contributed by atoms with van der Waals surface area (Å²) in [6, 6.07) is 0.125. The molecular weight excluding hydrogens is 266 g/mol. The largest absolute Gasteiger partial charge is 0.323 e. The topological polar surface area (TPSA) is 43.8 Å². The molecule has 3 nitrogen and oxygen atoms in total. The lowest BCUT2D eigenvalue weighted by Crippen LogP contribution is -2.19. The molecule has 1 aromatic heterocycles. The molecule has 1 atom stereocenters. The summed E-state index contributed by atoms with van der Waals surface area (Å²) in [5.74, 6) is 0.821. The Morgan fingerprint density at radius 2 is 2.25 bits per heavy atom. The normalized spacial score (nSPS) is 19.2. The van der Waals surface area contributed by atoms with Crippen molar-refractivity contribution < 1.29 is 0 Å². The van der Waals surface area contributed by atoms with Crippen LogP contribution >= 0.6 is 15.9 Å². The van der Waals surface area contributed by atoms with Crippen molar-refractivity contribution in [3.05, 3.63) is 16.4 Å². The first-order valence-corrected chi connectivity index (χ1v) is 6.98. The van der Waals surface area contributed by atoms with Crippen LogP contribution in [0.15, 0.2) is 10.7 Å². The molecule has 1 aromatic rings. The highest BCUT2D eigenvalue weighted by atomic mass is 79.9. The maximum atomic E-state index is 6.31.